The van der Waals surface area contributed by atoms with Crippen LogP contribution in [0.4, 0.5) is 0 Å². The smallest absolute Gasteiger partial charge is 0.0870 e. The first kappa shape index (κ1) is 18.9. The quantitative estimate of drug-likeness (QED) is 0.376. The second kappa shape index (κ2) is 14.3. The second-order valence-electron chi connectivity index (χ2n) is 5.52. The summed E-state index contributed by atoms with van der Waals surface area (Å²) < 4.78 is 0. The highest BCUT2D eigenvalue weighted by molar-refractivity contribution is 7.80. The van der Waals surface area contributed by atoms with Crippen molar-refractivity contribution >= 4 is 17.2 Å². The summed E-state index contributed by atoms with van der Waals surface area (Å²) in [6, 6.07) is 0. The number of hydrogen-bond donors (Lipinski definition) is 1. The normalized spacial score (nSPS) is 11.1. The molecular weight excluding hydrogens is 252 g/mol. The van der Waals surface area contributed by atoms with Crippen LogP contribution in [0.2, 0.25) is 0 Å². The van der Waals surface area contributed by atoms with Crippen LogP contribution in [0.5, 0.6) is 0 Å². The lowest BCUT2D eigenvalue weighted by atomic mass is 10.1. The van der Waals surface area contributed by atoms with Gasteiger partial charge in [-0.25, -0.2) is 0 Å². The van der Waals surface area contributed by atoms with Crippen molar-refractivity contribution in [1.82, 2.24) is 4.90 Å². The van der Waals surface area contributed by atoms with E-state index in [-0.39, 0.29) is 0 Å². The first-order chi connectivity index (χ1) is 9.20. The standard InChI is InChI=1S/C16H34N2S/c1-3-5-6-7-8-9-10-11-12-13-14-18(4-2)15-16(17)19/h3-15H2,1-2H3,(H2,17,19). The van der Waals surface area contributed by atoms with Gasteiger partial charge in [0.2, 0.25) is 0 Å². The Balaban J connectivity index is 3.23. The van der Waals surface area contributed by atoms with E-state index in [9.17, 15) is 0 Å². The Bertz CT molecular complexity index is 207. The highest BCUT2D eigenvalue weighted by Crippen LogP contribution is 2.10. The number of nitrogens with zero attached hydrogens (tertiary/aromatic N) is 1. The average molecular weight is 287 g/mol. The molecule has 2 N–H and O–H groups in total. The number of unbranched alkanes of at least 4 members (excludes halogenated alkanes) is 9. The Kier molecular flexibility index (Phi) is 14.2. The van der Waals surface area contributed by atoms with Crippen LogP contribution in [0, 0.1) is 0 Å². The van der Waals surface area contributed by atoms with Crippen LogP contribution in [0.3, 0.4) is 0 Å². The third-order valence-corrected chi connectivity index (χ3v) is 3.78. The molecule has 0 unspecified atom stereocenters. The summed E-state index contributed by atoms with van der Waals surface area (Å²) in [6.45, 7) is 7.42. The Hall–Kier alpha value is -0.150. The van der Waals surface area contributed by atoms with Gasteiger partial charge in [0.1, 0.15) is 0 Å². The summed E-state index contributed by atoms with van der Waals surface area (Å²) >= 11 is 4.95. The van der Waals surface area contributed by atoms with Crippen molar-refractivity contribution in [2.24, 2.45) is 5.73 Å². The van der Waals surface area contributed by atoms with Crippen molar-refractivity contribution in [1.29, 1.82) is 0 Å². The fraction of sp³-hybridized carbons (Fsp3) is 0.938. The summed E-state index contributed by atoms with van der Waals surface area (Å²) in [6.07, 6.45) is 13.9. The maximum Gasteiger partial charge on any atom is 0.0870 e. The molecule has 0 aromatic rings. The number of rotatable bonds is 14. The van der Waals surface area contributed by atoms with Crippen molar-refractivity contribution in [2.75, 3.05) is 19.6 Å². The minimum absolute atomic E-state index is 0.619. The highest BCUT2D eigenvalue weighted by atomic mass is 32.1. The van der Waals surface area contributed by atoms with Crippen molar-refractivity contribution in [3.63, 3.8) is 0 Å². The molecule has 3 heteroatoms. The topological polar surface area (TPSA) is 29.3 Å². The summed E-state index contributed by atoms with van der Waals surface area (Å²) in [5.41, 5.74) is 5.58. The molecule has 0 radical (unpaired) electrons. The molecule has 0 saturated carbocycles. The molecule has 0 aliphatic rings. The van der Waals surface area contributed by atoms with Crippen LogP contribution >= 0.6 is 12.2 Å². The molecule has 0 fully saturated rings. The minimum Gasteiger partial charge on any atom is -0.392 e. The largest absolute Gasteiger partial charge is 0.392 e. The monoisotopic (exact) mass is 286 g/mol. The number of nitrogens with two attached hydrogens (primary N) is 1. The highest BCUT2D eigenvalue weighted by Gasteiger charge is 2.02. The summed E-state index contributed by atoms with van der Waals surface area (Å²) in [4.78, 5) is 2.96. The van der Waals surface area contributed by atoms with E-state index in [1.54, 1.807) is 0 Å². The van der Waals surface area contributed by atoms with Gasteiger partial charge in [0.05, 0.1) is 4.99 Å². The maximum absolute atomic E-state index is 5.58. The molecule has 0 aliphatic carbocycles. The molecule has 0 amide bonds. The zero-order valence-electron chi connectivity index (χ0n) is 13.1. The van der Waals surface area contributed by atoms with Gasteiger partial charge in [0, 0.05) is 6.54 Å². The Morgan fingerprint density at radius 1 is 0.842 bits per heavy atom. The maximum atomic E-state index is 5.58. The fourth-order valence-corrected chi connectivity index (χ4v) is 2.57. The minimum atomic E-state index is 0.619. The molecule has 0 heterocycles. The van der Waals surface area contributed by atoms with Gasteiger partial charge < -0.3 is 5.73 Å². The zero-order valence-corrected chi connectivity index (χ0v) is 13.9. The summed E-state index contributed by atoms with van der Waals surface area (Å²) in [7, 11) is 0. The average Bonchev–Trinajstić information content (AvgIpc) is 2.39. The molecule has 0 aliphatic heterocycles. The van der Waals surface area contributed by atoms with Crippen molar-refractivity contribution < 1.29 is 0 Å². The second-order valence-corrected chi connectivity index (χ2v) is 6.04. The molecule has 114 valence electrons. The SMILES string of the molecule is CCCCCCCCCCCCN(CC)CC(N)=S. The van der Waals surface area contributed by atoms with Gasteiger partial charge in [0.15, 0.2) is 0 Å². The molecular formula is C16H34N2S. The first-order valence-corrected chi connectivity index (χ1v) is 8.62. The van der Waals surface area contributed by atoms with Crippen LogP contribution < -0.4 is 5.73 Å². The first-order valence-electron chi connectivity index (χ1n) is 8.21. The lowest BCUT2D eigenvalue weighted by molar-refractivity contribution is 0.318. The number of likely N-dealkylation sites (N-methyl/N-ethyl adjacent to an activating group) is 1. The Morgan fingerprint density at radius 3 is 1.74 bits per heavy atom. The van der Waals surface area contributed by atoms with E-state index >= 15 is 0 Å². The molecule has 0 saturated heterocycles. The van der Waals surface area contributed by atoms with Crippen LogP contribution in [0.25, 0.3) is 0 Å². The van der Waals surface area contributed by atoms with Gasteiger partial charge in [-0.3, -0.25) is 4.90 Å². The predicted octanol–water partition coefficient (Wildman–Crippen LogP) is 4.52. The lowest BCUT2D eigenvalue weighted by Gasteiger charge is -2.19. The van der Waals surface area contributed by atoms with Gasteiger partial charge in [-0.2, -0.15) is 0 Å². The van der Waals surface area contributed by atoms with Crippen LogP contribution in [0.1, 0.15) is 78.1 Å². The van der Waals surface area contributed by atoms with E-state index in [1.807, 2.05) is 0 Å². The van der Waals surface area contributed by atoms with E-state index in [4.69, 9.17) is 18.0 Å². The van der Waals surface area contributed by atoms with Gasteiger partial charge in [0.25, 0.3) is 0 Å². The van der Waals surface area contributed by atoms with Gasteiger partial charge >= 0.3 is 0 Å². The number of hydrogen-bond acceptors (Lipinski definition) is 2. The molecule has 0 aromatic heterocycles. The molecule has 0 spiro atoms. The fourth-order valence-electron chi connectivity index (χ4n) is 2.39. The van der Waals surface area contributed by atoms with Gasteiger partial charge in [-0.1, -0.05) is 83.9 Å². The number of thiocarbonyl (C=S) groups is 1. The molecule has 0 bridgehead atoms. The van der Waals surface area contributed by atoms with Crippen LogP contribution in [0.15, 0.2) is 0 Å². The predicted molar refractivity (Wildman–Crippen MR) is 90.7 cm³/mol. The van der Waals surface area contributed by atoms with Crippen molar-refractivity contribution in [3.05, 3.63) is 0 Å². The van der Waals surface area contributed by atoms with E-state index in [0.29, 0.717) is 4.99 Å². The molecule has 2 nitrogen and oxygen atoms in total. The Labute approximate surface area is 126 Å². The van der Waals surface area contributed by atoms with Gasteiger partial charge in [-0.05, 0) is 19.5 Å². The molecule has 19 heavy (non-hydrogen) atoms. The van der Waals surface area contributed by atoms with Crippen LogP contribution in [-0.2, 0) is 0 Å². The van der Waals surface area contributed by atoms with Crippen molar-refractivity contribution in [2.45, 2.75) is 78.1 Å². The lowest BCUT2D eigenvalue weighted by Crippen LogP contribution is -2.33. The third-order valence-electron chi connectivity index (χ3n) is 3.65. The van der Waals surface area contributed by atoms with Crippen LogP contribution in [-0.4, -0.2) is 29.5 Å². The third kappa shape index (κ3) is 14.1. The van der Waals surface area contributed by atoms with E-state index in [2.05, 4.69) is 18.7 Å². The summed E-state index contributed by atoms with van der Waals surface area (Å²) in [5, 5.41) is 0. The zero-order chi connectivity index (χ0) is 14.3. The summed E-state index contributed by atoms with van der Waals surface area (Å²) in [5.74, 6) is 0. The van der Waals surface area contributed by atoms with Gasteiger partial charge in [-0.15, -0.1) is 0 Å². The van der Waals surface area contributed by atoms with E-state index < -0.39 is 0 Å². The molecule has 0 rings (SSSR count). The Morgan fingerprint density at radius 2 is 1.32 bits per heavy atom. The van der Waals surface area contributed by atoms with Crippen molar-refractivity contribution in [3.8, 4) is 0 Å². The van der Waals surface area contributed by atoms with E-state index in [1.165, 1.54) is 64.2 Å². The van der Waals surface area contributed by atoms with E-state index in [0.717, 1.165) is 19.6 Å². The molecule has 0 aromatic carbocycles. The molecule has 0 atom stereocenters.